The first-order valence-electron chi connectivity index (χ1n) is 32.1. The molecular weight excluding hydrogens is 1070 g/mol. The molecule has 0 aliphatic carbocycles. The van der Waals surface area contributed by atoms with Gasteiger partial charge in [0.05, 0.1) is 45.6 Å². The highest BCUT2D eigenvalue weighted by Gasteiger charge is 2.14. The zero-order valence-electron chi connectivity index (χ0n) is 54.4. The normalized spacial score (nSPS) is 11.8. The van der Waals surface area contributed by atoms with Crippen LogP contribution in [0.2, 0.25) is 0 Å². The Morgan fingerprint density at radius 1 is 0.356 bits per heavy atom. The van der Waals surface area contributed by atoms with Crippen LogP contribution >= 0.6 is 0 Å². The molecule has 87 heavy (non-hydrogen) atoms. The van der Waals surface area contributed by atoms with Crippen LogP contribution < -0.4 is 0 Å². The first-order chi connectivity index (χ1) is 42.8. The van der Waals surface area contributed by atoms with Gasteiger partial charge in [0.1, 0.15) is 0 Å². The fourth-order valence-electron chi connectivity index (χ4n) is 7.52. The van der Waals surface area contributed by atoms with Gasteiger partial charge in [-0.3, -0.25) is 59.9 Å². The molecule has 0 saturated heterocycles. The van der Waals surface area contributed by atoms with Crippen molar-refractivity contribution in [3.05, 3.63) is 222 Å². The van der Waals surface area contributed by atoms with E-state index in [0.29, 0.717) is 5.92 Å². The van der Waals surface area contributed by atoms with Gasteiger partial charge in [-0.15, -0.1) is 0 Å². The van der Waals surface area contributed by atoms with Gasteiger partial charge in [-0.2, -0.15) is 0 Å². The molecular formula is C75H104N12. The molecule has 0 saturated carbocycles. The lowest BCUT2D eigenvalue weighted by Crippen LogP contribution is -2.19. The van der Waals surface area contributed by atoms with Crippen LogP contribution in [0.1, 0.15) is 192 Å². The second kappa shape index (κ2) is 54.5. The van der Waals surface area contributed by atoms with Gasteiger partial charge in [-0.1, -0.05) is 197 Å². The average molecular weight is 1170 g/mol. The molecule has 0 bridgehead atoms. The Labute approximate surface area is 525 Å². The Kier molecular flexibility index (Phi) is 47.0. The monoisotopic (exact) mass is 1170 g/mol. The van der Waals surface area contributed by atoms with Crippen LogP contribution in [0.3, 0.4) is 0 Å². The molecule has 0 aliphatic heterocycles. The van der Waals surface area contributed by atoms with Crippen LogP contribution in [0, 0.1) is 5.92 Å². The van der Waals surface area contributed by atoms with Crippen molar-refractivity contribution in [2.24, 2.45) is 40.9 Å². The Morgan fingerprint density at radius 3 is 1.07 bits per heavy atom. The maximum Gasteiger partial charge on any atom is 0.0904 e. The average Bonchev–Trinajstić information content (AvgIpc) is 3.78. The number of hydrogen-bond donors (Lipinski definition) is 0. The first kappa shape index (κ1) is 75.0. The quantitative estimate of drug-likeness (QED) is 0.0324. The second-order valence-corrected chi connectivity index (χ2v) is 20.4. The lowest BCUT2D eigenvalue weighted by atomic mass is 9.99. The summed E-state index contributed by atoms with van der Waals surface area (Å²) in [5.74, 6) is 0.667. The molecule has 7 aromatic rings. The molecule has 7 rings (SSSR count). The largest absolute Gasteiger partial charge is 0.291 e. The number of nitrogens with zero attached hydrogens (tertiary/aromatic N) is 12. The maximum atomic E-state index is 4.99. The standard InChI is InChI=1S/C24H32N2.C12H18N2.2C11H16N2.C9H12N2.C8H10N2/c1-3-5-13-19-25-23(21-15-9-7-10-16-21)24(26-20-14-6-4-2)22-17-11-8-12-18-22;1-3-4-6-9-13-11(2)12-8-5-7-10-14-12;1-3-10(2)8-12-9-11-6-4-5-7-13-11;1-2-3-5-8-12-10-11-7-4-6-9-13-11;1-2-6-10-8-9-5-3-4-7-11-9;1-2-9-7-8-5-3-4-6-10-8/h7-12,15-18H,3-6,13-14,19-20H2,1-2H3;5,7-8,10H,3-4,6,9H2,1-2H3;4-7,9-10H,3,8H2,1-2H3;4,6-7,9-10H,2-3,5,8H2,1H3;3-5,7-8H,2,6H2,1H3;3-7H,2H2,1H3. The summed E-state index contributed by atoms with van der Waals surface area (Å²) in [5.41, 5.74) is 10.1. The van der Waals surface area contributed by atoms with Crippen LogP contribution in [-0.4, -0.2) is 113 Å². The van der Waals surface area contributed by atoms with E-state index in [4.69, 9.17) is 9.98 Å². The fourth-order valence-corrected chi connectivity index (χ4v) is 7.52. The lowest BCUT2D eigenvalue weighted by Gasteiger charge is -2.12. The SMILES string of the molecule is CCC(C)CN=Cc1ccccn1.CCCCCN=C(C(=NCCCCC)c1ccccc1)c1ccccc1.CCCCCN=C(C)c1ccccn1.CCCCCN=Cc1ccccn1.CCCN=Cc1ccccn1.CCN=Cc1ccccn1. The van der Waals surface area contributed by atoms with E-state index in [-0.39, 0.29) is 0 Å². The third-order valence-corrected chi connectivity index (χ3v) is 12.7. The van der Waals surface area contributed by atoms with Gasteiger partial charge in [0.2, 0.25) is 0 Å². The molecule has 5 aromatic heterocycles. The highest BCUT2D eigenvalue weighted by molar-refractivity contribution is 6.53. The molecule has 0 amide bonds. The van der Waals surface area contributed by atoms with Gasteiger partial charge < -0.3 is 0 Å². The molecule has 0 aliphatic rings. The predicted molar refractivity (Wildman–Crippen MR) is 377 cm³/mol. The van der Waals surface area contributed by atoms with Crippen molar-refractivity contribution in [1.82, 2.24) is 24.9 Å². The number of aromatic nitrogens is 5. The summed E-state index contributed by atoms with van der Waals surface area (Å²) in [6.07, 6.45) is 33.0. The molecule has 0 fully saturated rings. The van der Waals surface area contributed by atoms with Crippen LogP contribution in [0.25, 0.3) is 0 Å². The van der Waals surface area contributed by atoms with Crippen molar-refractivity contribution in [3.63, 3.8) is 0 Å². The molecule has 0 spiro atoms. The topological polar surface area (TPSA) is 151 Å². The number of aliphatic imine (C=N–C) groups is 7. The summed E-state index contributed by atoms with van der Waals surface area (Å²) >= 11 is 0. The molecule has 0 radical (unpaired) electrons. The van der Waals surface area contributed by atoms with Gasteiger partial charge in [0.15, 0.2) is 0 Å². The van der Waals surface area contributed by atoms with E-state index in [1.165, 1.54) is 70.6 Å². The highest BCUT2D eigenvalue weighted by atomic mass is 14.8. The van der Waals surface area contributed by atoms with Crippen molar-refractivity contribution < 1.29 is 0 Å². The van der Waals surface area contributed by atoms with Crippen LogP contribution in [0.15, 0.2) is 218 Å². The Bertz CT molecular complexity index is 2800. The number of rotatable bonds is 30. The van der Waals surface area contributed by atoms with Crippen molar-refractivity contribution in [2.75, 3.05) is 45.8 Å². The molecule has 5 heterocycles. The first-order valence-corrected chi connectivity index (χ1v) is 32.1. The number of benzene rings is 2. The number of hydrogen-bond acceptors (Lipinski definition) is 12. The molecule has 12 heteroatoms. The Hall–Kier alpha value is -8.12. The summed E-state index contributed by atoms with van der Waals surface area (Å²) in [6, 6.07) is 50.2. The van der Waals surface area contributed by atoms with Gasteiger partial charge in [0, 0.05) is 113 Å². The lowest BCUT2D eigenvalue weighted by molar-refractivity contribution is 0.578. The van der Waals surface area contributed by atoms with E-state index in [1.807, 2.05) is 123 Å². The fraction of sp³-hybridized carbons (Fsp3) is 0.413. The Balaban J connectivity index is 0.000000370. The van der Waals surface area contributed by atoms with E-state index < -0.39 is 0 Å². The highest BCUT2D eigenvalue weighted by Crippen LogP contribution is 2.13. The zero-order valence-corrected chi connectivity index (χ0v) is 54.4. The Morgan fingerprint density at radius 2 is 0.713 bits per heavy atom. The maximum absolute atomic E-state index is 4.99. The summed E-state index contributed by atoms with van der Waals surface area (Å²) in [6.45, 7) is 25.5. The molecule has 0 N–H and O–H groups in total. The third-order valence-electron chi connectivity index (χ3n) is 12.7. The van der Waals surface area contributed by atoms with Crippen LogP contribution in [0.5, 0.6) is 0 Å². The number of unbranched alkanes of at least 4 members (excludes halogenated alkanes) is 8. The summed E-state index contributed by atoms with van der Waals surface area (Å²) in [5, 5.41) is 0. The molecule has 1 unspecified atom stereocenters. The van der Waals surface area contributed by atoms with Crippen molar-refractivity contribution >= 4 is 42.0 Å². The second-order valence-electron chi connectivity index (χ2n) is 20.4. The summed E-state index contributed by atoms with van der Waals surface area (Å²) in [4.78, 5) is 52.0. The van der Waals surface area contributed by atoms with Gasteiger partial charge in [-0.25, -0.2) is 0 Å². The van der Waals surface area contributed by atoms with Crippen molar-refractivity contribution in [3.8, 4) is 0 Å². The summed E-state index contributed by atoms with van der Waals surface area (Å²) < 4.78 is 0. The third kappa shape index (κ3) is 40.0. The molecule has 12 nitrogen and oxygen atoms in total. The van der Waals surface area contributed by atoms with Crippen molar-refractivity contribution in [1.29, 1.82) is 0 Å². The van der Waals surface area contributed by atoms with E-state index in [2.05, 4.69) is 159 Å². The minimum absolute atomic E-state index is 0.667. The minimum atomic E-state index is 0.667. The minimum Gasteiger partial charge on any atom is -0.291 e. The smallest absolute Gasteiger partial charge is 0.0904 e. The zero-order chi connectivity index (χ0) is 62.7. The van der Waals surface area contributed by atoms with E-state index >= 15 is 0 Å². The number of pyridine rings is 5. The van der Waals surface area contributed by atoms with Gasteiger partial charge in [0.25, 0.3) is 0 Å². The van der Waals surface area contributed by atoms with E-state index in [9.17, 15) is 0 Å². The predicted octanol–water partition coefficient (Wildman–Crippen LogP) is 18.1. The molecule has 2 aromatic carbocycles. The van der Waals surface area contributed by atoms with Gasteiger partial charge in [-0.05, 0) is 113 Å². The van der Waals surface area contributed by atoms with E-state index in [1.54, 1.807) is 37.2 Å². The van der Waals surface area contributed by atoms with E-state index in [0.717, 1.165) is 122 Å². The summed E-state index contributed by atoms with van der Waals surface area (Å²) in [7, 11) is 0. The molecule has 1 atom stereocenters. The van der Waals surface area contributed by atoms with Gasteiger partial charge >= 0.3 is 0 Å². The van der Waals surface area contributed by atoms with Crippen LogP contribution in [-0.2, 0) is 0 Å². The van der Waals surface area contributed by atoms with Crippen LogP contribution in [0.4, 0.5) is 0 Å². The molecule has 464 valence electrons. The van der Waals surface area contributed by atoms with Crippen molar-refractivity contribution in [2.45, 2.75) is 152 Å².